The van der Waals surface area contributed by atoms with Crippen LogP contribution in [0, 0.1) is 5.41 Å². The van der Waals surface area contributed by atoms with Gasteiger partial charge in [-0.15, -0.1) is 0 Å². The van der Waals surface area contributed by atoms with Crippen LogP contribution in [0.2, 0.25) is 0 Å². The molecule has 0 fully saturated rings. The second-order valence-electron chi connectivity index (χ2n) is 6.42. The van der Waals surface area contributed by atoms with Crippen molar-refractivity contribution >= 4 is 5.71 Å². The Morgan fingerprint density at radius 2 is 1.54 bits per heavy atom. The molecule has 2 aromatic rings. The molecule has 156 valence electrons. The molecule has 28 heavy (non-hydrogen) atoms. The van der Waals surface area contributed by atoms with E-state index in [2.05, 4.69) is 20.8 Å². The van der Waals surface area contributed by atoms with Crippen molar-refractivity contribution in [2.24, 2.45) is 5.73 Å². The summed E-state index contributed by atoms with van der Waals surface area (Å²) in [5, 5.41) is 15.2. The van der Waals surface area contributed by atoms with E-state index in [1.54, 1.807) is 0 Å². The quantitative estimate of drug-likeness (QED) is 0.419. The van der Waals surface area contributed by atoms with E-state index in [1.165, 1.54) is 12.8 Å². The molecule has 2 unspecified atom stereocenters. The lowest BCUT2D eigenvalue weighted by molar-refractivity contribution is 0.0617. The summed E-state index contributed by atoms with van der Waals surface area (Å²) in [6, 6.07) is 19.7. The van der Waals surface area contributed by atoms with Crippen LogP contribution in [0.5, 0.6) is 0 Å². The number of nitrogens with one attached hydrogen (secondary N) is 1. The third kappa shape index (κ3) is 10.4. The summed E-state index contributed by atoms with van der Waals surface area (Å²) in [7, 11) is 1.00. The topological polar surface area (TPSA) is 79.3 Å². The van der Waals surface area contributed by atoms with Gasteiger partial charge in [-0.2, -0.15) is 0 Å². The van der Waals surface area contributed by atoms with Crippen LogP contribution in [0.25, 0.3) is 0 Å². The zero-order chi connectivity index (χ0) is 21.2. The minimum atomic E-state index is -0.0291. The first-order valence-corrected chi connectivity index (χ1v) is 10.1. The van der Waals surface area contributed by atoms with Crippen molar-refractivity contribution in [3.05, 3.63) is 71.8 Å². The van der Waals surface area contributed by atoms with E-state index < -0.39 is 0 Å². The Morgan fingerprint density at radius 1 is 1.00 bits per heavy atom. The molecule has 0 saturated heterocycles. The van der Waals surface area contributed by atoms with Gasteiger partial charge in [-0.25, -0.2) is 0 Å². The molecule has 0 aromatic heterocycles. The predicted octanol–water partition coefficient (Wildman–Crippen LogP) is 5.01. The predicted molar refractivity (Wildman–Crippen MR) is 120 cm³/mol. The molecule has 4 N–H and O–H groups in total. The first-order valence-electron chi connectivity index (χ1n) is 10.1. The Morgan fingerprint density at radius 3 is 2.00 bits per heavy atom. The highest BCUT2D eigenvalue weighted by Gasteiger charge is 2.16. The van der Waals surface area contributed by atoms with E-state index in [4.69, 9.17) is 21.0 Å². The van der Waals surface area contributed by atoms with Crippen LogP contribution < -0.4 is 5.73 Å². The maximum absolute atomic E-state index is 8.24. The average molecular weight is 387 g/mol. The summed E-state index contributed by atoms with van der Waals surface area (Å²) in [5.41, 5.74) is 8.42. The molecule has 0 bridgehead atoms. The van der Waals surface area contributed by atoms with Crippen LogP contribution in [0.1, 0.15) is 57.1 Å². The normalized spacial score (nSPS) is 11.9. The molecule has 0 spiro atoms. The number of rotatable bonds is 9. The highest BCUT2D eigenvalue weighted by atomic mass is 16.5. The smallest absolute Gasteiger partial charge is 0.0544 e. The number of hydrogen-bond acceptors (Lipinski definition) is 4. The summed E-state index contributed by atoms with van der Waals surface area (Å²) in [6.45, 7) is 7.84. The van der Waals surface area contributed by atoms with Crippen LogP contribution in [0.15, 0.2) is 60.7 Å². The Balaban J connectivity index is 0.000000566. The third-order valence-corrected chi connectivity index (χ3v) is 4.35. The summed E-state index contributed by atoms with van der Waals surface area (Å²) in [4.78, 5) is 0. The lowest BCUT2D eigenvalue weighted by atomic mass is 9.90. The van der Waals surface area contributed by atoms with Crippen molar-refractivity contribution in [3.63, 3.8) is 0 Å². The van der Waals surface area contributed by atoms with Gasteiger partial charge < -0.3 is 21.0 Å². The fourth-order valence-corrected chi connectivity index (χ4v) is 2.47. The minimum absolute atomic E-state index is 0.0291. The minimum Gasteiger partial charge on any atom is -0.400 e. The highest BCUT2D eigenvalue weighted by Crippen LogP contribution is 2.19. The van der Waals surface area contributed by atoms with Crippen molar-refractivity contribution in [1.82, 2.24) is 0 Å². The Labute approximate surface area is 171 Å². The molecule has 4 heteroatoms. The number of unbranched alkanes of at least 4 members (excludes halogenated alkanes) is 1. The second kappa shape index (κ2) is 17.1. The number of nitrogens with two attached hydrogens (primary N) is 1. The molecular weight excluding hydrogens is 348 g/mol. The fourth-order valence-electron chi connectivity index (χ4n) is 2.47. The van der Waals surface area contributed by atoms with Gasteiger partial charge in [0.15, 0.2) is 0 Å². The summed E-state index contributed by atoms with van der Waals surface area (Å²) in [5.74, 6) is -0.0291. The van der Waals surface area contributed by atoms with Crippen LogP contribution >= 0.6 is 0 Å². The lowest BCUT2D eigenvalue weighted by Gasteiger charge is -2.16. The van der Waals surface area contributed by atoms with Gasteiger partial charge in [0, 0.05) is 31.9 Å². The molecule has 0 radical (unpaired) electrons. The van der Waals surface area contributed by atoms with Gasteiger partial charge in [-0.1, -0.05) is 80.9 Å². The highest BCUT2D eigenvalue weighted by molar-refractivity contribution is 6.03. The Kier molecular flexibility index (Phi) is 15.9. The van der Waals surface area contributed by atoms with Gasteiger partial charge in [0.25, 0.3) is 0 Å². The van der Waals surface area contributed by atoms with E-state index in [9.17, 15) is 0 Å². The van der Waals surface area contributed by atoms with Gasteiger partial charge in [0.05, 0.1) is 6.10 Å². The zero-order valence-electron chi connectivity index (χ0n) is 17.9. The third-order valence-electron chi connectivity index (χ3n) is 4.35. The zero-order valence-corrected chi connectivity index (χ0v) is 17.9. The van der Waals surface area contributed by atoms with Gasteiger partial charge in [0.2, 0.25) is 0 Å². The monoisotopic (exact) mass is 386 g/mol. The van der Waals surface area contributed by atoms with Crippen molar-refractivity contribution in [3.8, 4) is 0 Å². The van der Waals surface area contributed by atoms with Crippen LogP contribution in [0.4, 0.5) is 0 Å². The molecule has 0 aliphatic carbocycles. The van der Waals surface area contributed by atoms with E-state index in [-0.39, 0.29) is 5.92 Å². The summed E-state index contributed by atoms with van der Waals surface area (Å²) >= 11 is 0. The SMILES string of the molecule is CCCCOC(C)CC.CO.N=C(c1ccccc1)C(CN)c1ccccc1. The molecule has 2 atom stereocenters. The van der Waals surface area contributed by atoms with E-state index in [1.807, 2.05) is 60.7 Å². The van der Waals surface area contributed by atoms with Crippen molar-refractivity contribution < 1.29 is 9.84 Å². The molecular formula is C24H38N2O2. The number of aliphatic hydroxyl groups is 1. The Bertz CT molecular complexity index is 603. The maximum atomic E-state index is 8.24. The van der Waals surface area contributed by atoms with Crippen LogP contribution in [-0.4, -0.2) is 37.2 Å². The van der Waals surface area contributed by atoms with Gasteiger partial charge in [0.1, 0.15) is 0 Å². The molecule has 0 amide bonds. The second-order valence-corrected chi connectivity index (χ2v) is 6.42. The molecule has 0 aliphatic heterocycles. The molecule has 2 aromatic carbocycles. The lowest BCUT2D eigenvalue weighted by Crippen LogP contribution is -2.21. The summed E-state index contributed by atoms with van der Waals surface area (Å²) < 4.78 is 5.43. The van der Waals surface area contributed by atoms with Gasteiger partial charge >= 0.3 is 0 Å². The number of aliphatic hydroxyl groups excluding tert-OH is 1. The number of ether oxygens (including phenoxy) is 1. The molecule has 0 aliphatic rings. The Hall–Kier alpha value is -2.01. The van der Waals surface area contributed by atoms with Crippen LogP contribution in [-0.2, 0) is 4.74 Å². The molecule has 0 saturated carbocycles. The number of benzene rings is 2. The number of hydrogen-bond donors (Lipinski definition) is 3. The average Bonchev–Trinajstić information content (AvgIpc) is 2.77. The molecule has 0 heterocycles. The van der Waals surface area contributed by atoms with Crippen molar-refractivity contribution in [1.29, 1.82) is 5.41 Å². The largest absolute Gasteiger partial charge is 0.400 e. The standard InChI is InChI=1S/C15H16N2.C8H18O.CH4O/c16-11-14(12-7-3-1-4-8-12)15(17)13-9-5-2-6-10-13;1-4-6-7-9-8(3)5-2;1-2/h1-10,14,17H,11,16H2;8H,4-7H2,1-3H3;2H,1H3. The van der Waals surface area contributed by atoms with E-state index >= 15 is 0 Å². The maximum Gasteiger partial charge on any atom is 0.0544 e. The molecule has 2 rings (SSSR count). The van der Waals surface area contributed by atoms with Crippen molar-refractivity contribution in [2.75, 3.05) is 20.3 Å². The van der Waals surface area contributed by atoms with E-state index in [0.717, 1.165) is 31.3 Å². The fraction of sp³-hybridized carbons (Fsp3) is 0.458. The van der Waals surface area contributed by atoms with Gasteiger partial charge in [-0.05, 0) is 30.9 Å². The van der Waals surface area contributed by atoms with Crippen LogP contribution in [0.3, 0.4) is 0 Å². The molecule has 4 nitrogen and oxygen atoms in total. The van der Waals surface area contributed by atoms with Crippen molar-refractivity contribution in [2.45, 2.75) is 52.1 Å². The van der Waals surface area contributed by atoms with E-state index in [0.29, 0.717) is 18.4 Å². The first kappa shape index (κ1) is 26.0. The van der Waals surface area contributed by atoms with Gasteiger partial charge in [-0.3, -0.25) is 0 Å². The summed E-state index contributed by atoms with van der Waals surface area (Å²) in [6.07, 6.45) is 4.02. The first-order chi connectivity index (χ1) is 13.6.